The quantitative estimate of drug-likeness (QED) is 0.913. The van der Waals surface area contributed by atoms with Gasteiger partial charge in [-0.1, -0.05) is 19.8 Å². The molecule has 1 aliphatic carbocycles. The molecule has 1 heterocycles. The van der Waals surface area contributed by atoms with Crippen LogP contribution < -0.4 is 5.32 Å². The van der Waals surface area contributed by atoms with E-state index in [-0.39, 0.29) is 0 Å². The normalized spacial score (nSPS) is 24.8. The van der Waals surface area contributed by atoms with Crippen LogP contribution in [-0.2, 0) is 0 Å². The van der Waals surface area contributed by atoms with Gasteiger partial charge >= 0.3 is 0 Å². The molecular formula is C13H19BrN2S. The third-order valence-electron chi connectivity index (χ3n) is 3.14. The Morgan fingerprint density at radius 3 is 2.94 bits per heavy atom. The van der Waals surface area contributed by atoms with Gasteiger partial charge in [-0.2, -0.15) is 0 Å². The first kappa shape index (κ1) is 13.4. The van der Waals surface area contributed by atoms with Gasteiger partial charge in [-0.15, -0.1) is 11.8 Å². The molecule has 0 amide bonds. The van der Waals surface area contributed by atoms with Crippen molar-refractivity contribution in [1.29, 1.82) is 0 Å². The number of halogens is 1. The largest absolute Gasteiger partial charge is 0.313 e. The fourth-order valence-electron chi connectivity index (χ4n) is 2.32. The molecule has 1 aromatic rings. The van der Waals surface area contributed by atoms with Crippen LogP contribution in [0.3, 0.4) is 0 Å². The lowest BCUT2D eigenvalue weighted by Crippen LogP contribution is -2.40. The number of nitrogens with one attached hydrogen (secondary N) is 1. The molecule has 0 radical (unpaired) electrons. The second kappa shape index (κ2) is 6.76. The van der Waals surface area contributed by atoms with E-state index in [1.807, 2.05) is 18.0 Å². The minimum Gasteiger partial charge on any atom is -0.313 e. The monoisotopic (exact) mass is 314 g/mol. The number of pyridine rings is 1. The Hall–Kier alpha value is -0.0600. The minimum absolute atomic E-state index is 0.657. The first-order chi connectivity index (χ1) is 8.29. The molecule has 0 aromatic carbocycles. The number of thioether (sulfide) groups is 1. The van der Waals surface area contributed by atoms with Gasteiger partial charge in [-0.3, -0.25) is 0 Å². The highest BCUT2D eigenvalue weighted by molar-refractivity contribution is 9.10. The third-order valence-corrected chi connectivity index (χ3v) is 4.96. The van der Waals surface area contributed by atoms with Crippen LogP contribution in [0, 0.1) is 0 Å². The molecule has 0 spiro atoms. The number of hydrogen-bond donors (Lipinski definition) is 1. The minimum atomic E-state index is 0.657. The smallest absolute Gasteiger partial charge is 0.0963 e. The van der Waals surface area contributed by atoms with Gasteiger partial charge in [0.25, 0.3) is 0 Å². The zero-order valence-corrected chi connectivity index (χ0v) is 12.6. The van der Waals surface area contributed by atoms with Crippen molar-refractivity contribution < 1.29 is 0 Å². The van der Waals surface area contributed by atoms with Crippen LogP contribution in [0.15, 0.2) is 27.8 Å². The highest BCUT2D eigenvalue weighted by atomic mass is 79.9. The molecule has 1 aromatic heterocycles. The lowest BCUT2D eigenvalue weighted by molar-refractivity contribution is 0.390. The third kappa shape index (κ3) is 3.97. The van der Waals surface area contributed by atoms with E-state index in [2.05, 4.69) is 45.3 Å². The zero-order chi connectivity index (χ0) is 12.1. The molecule has 0 aliphatic heterocycles. The van der Waals surface area contributed by atoms with Crippen molar-refractivity contribution in [2.24, 2.45) is 0 Å². The summed E-state index contributed by atoms with van der Waals surface area (Å²) in [7, 11) is 0. The summed E-state index contributed by atoms with van der Waals surface area (Å²) in [6.45, 7) is 3.25. The van der Waals surface area contributed by atoms with Crippen LogP contribution in [0.25, 0.3) is 0 Å². The van der Waals surface area contributed by atoms with Crippen molar-refractivity contribution in [2.45, 2.75) is 48.9 Å². The van der Waals surface area contributed by atoms with Crippen molar-refractivity contribution in [3.63, 3.8) is 0 Å². The SMILES string of the molecule is CCNC1CCCCC1Sc1ccc(Br)cn1. The van der Waals surface area contributed by atoms with Gasteiger partial charge in [0.2, 0.25) is 0 Å². The summed E-state index contributed by atoms with van der Waals surface area (Å²) < 4.78 is 1.05. The number of nitrogens with zero attached hydrogens (tertiary/aromatic N) is 1. The number of hydrogen-bond acceptors (Lipinski definition) is 3. The Labute approximate surface area is 116 Å². The second-order valence-corrected chi connectivity index (χ2v) is 6.59. The highest BCUT2D eigenvalue weighted by Crippen LogP contribution is 2.33. The summed E-state index contributed by atoms with van der Waals surface area (Å²) in [6, 6.07) is 4.83. The van der Waals surface area contributed by atoms with E-state index in [1.165, 1.54) is 25.7 Å². The fraction of sp³-hybridized carbons (Fsp3) is 0.615. The van der Waals surface area contributed by atoms with E-state index >= 15 is 0 Å². The lowest BCUT2D eigenvalue weighted by atomic mass is 9.95. The maximum atomic E-state index is 4.46. The van der Waals surface area contributed by atoms with Gasteiger partial charge in [0, 0.05) is 22.0 Å². The Bertz CT molecular complexity index is 340. The lowest BCUT2D eigenvalue weighted by Gasteiger charge is -2.31. The molecule has 1 N–H and O–H groups in total. The molecule has 1 fully saturated rings. The topological polar surface area (TPSA) is 24.9 Å². The molecular weight excluding hydrogens is 296 g/mol. The van der Waals surface area contributed by atoms with Gasteiger partial charge < -0.3 is 5.32 Å². The molecule has 2 nitrogen and oxygen atoms in total. The Morgan fingerprint density at radius 1 is 1.41 bits per heavy atom. The second-order valence-electron chi connectivity index (χ2n) is 4.42. The summed E-state index contributed by atoms with van der Waals surface area (Å²) in [5, 5.41) is 5.43. The first-order valence-electron chi connectivity index (χ1n) is 6.31. The molecule has 2 atom stereocenters. The average Bonchev–Trinajstić information content (AvgIpc) is 2.35. The first-order valence-corrected chi connectivity index (χ1v) is 7.98. The van der Waals surface area contributed by atoms with Crippen LogP contribution in [0.2, 0.25) is 0 Å². The molecule has 1 aliphatic rings. The van der Waals surface area contributed by atoms with Crippen molar-refractivity contribution in [3.05, 3.63) is 22.8 Å². The molecule has 0 bridgehead atoms. The predicted octanol–water partition coefficient (Wildman–Crippen LogP) is 3.86. The summed E-state index contributed by atoms with van der Waals surface area (Å²) in [5.74, 6) is 0. The van der Waals surface area contributed by atoms with Gasteiger partial charge in [-0.25, -0.2) is 4.98 Å². The van der Waals surface area contributed by atoms with E-state index in [1.54, 1.807) is 0 Å². The Kier molecular flexibility index (Phi) is 5.32. The summed E-state index contributed by atoms with van der Waals surface area (Å²) in [4.78, 5) is 4.46. The number of aromatic nitrogens is 1. The van der Waals surface area contributed by atoms with E-state index < -0.39 is 0 Å². The van der Waals surface area contributed by atoms with Crippen LogP contribution >= 0.6 is 27.7 Å². The van der Waals surface area contributed by atoms with Gasteiger partial charge in [0.15, 0.2) is 0 Å². The molecule has 1 saturated carbocycles. The fourth-order valence-corrected chi connectivity index (χ4v) is 3.81. The average molecular weight is 315 g/mol. The van der Waals surface area contributed by atoms with Crippen LogP contribution in [-0.4, -0.2) is 22.8 Å². The molecule has 0 saturated heterocycles. The zero-order valence-electron chi connectivity index (χ0n) is 10.2. The maximum Gasteiger partial charge on any atom is 0.0963 e. The van der Waals surface area contributed by atoms with E-state index in [9.17, 15) is 0 Å². The van der Waals surface area contributed by atoms with Crippen LogP contribution in [0.4, 0.5) is 0 Å². The summed E-state index contributed by atoms with van der Waals surface area (Å²) in [6.07, 6.45) is 7.22. The van der Waals surface area contributed by atoms with Gasteiger partial charge in [0.05, 0.1) is 5.03 Å². The van der Waals surface area contributed by atoms with Crippen molar-refractivity contribution in [1.82, 2.24) is 10.3 Å². The van der Waals surface area contributed by atoms with Crippen LogP contribution in [0.5, 0.6) is 0 Å². The Morgan fingerprint density at radius 2 is 2.24 bits per heavy atom. The molecule has 4 heteroatoms. The molecule has 2 rings (SSSR count). The van der Waals surface area contributed by atoms with E-state index in [0.717, 1.165) is 16.0 Å². The summed E-state index contributed by atoms with van der Waals surface area (Å²) in [5.41, 5.74) is 0. The van der Waals surface area contributed by atoms with Crippen molar-refractivity contribution >= 4 is 27.7 Å². The van der Waals surface area contributed by atoms with Crippen molar-refractivity contribution in [3.8, 4) is 0 Å². The molecule has 2 unspecified atom stereocenters. The van der Waals surface area contributed by atoms with E-state index in [0.29, 0.717) is 11.3 Å². The number of rotatable bonds is 4. The summed E-state index contributed by atoms with van der Waals surface area (Å²) >= 11 is 5.35. The van der Waals surface area contributed by atoms with Gasteiger partial charge in [0.1, 0.15) is 0 Å². The molecule has 17 heavy (non-hydrogen) atoms. The van der Waals surface area contributed by atoms with Crippen molar-refractivity contribution in [2.75, 3.05) is 6.54 Å². The maximum absolute atomic E-state index is 4.46. The van der Waals surface area contributed by atoms with Gasteiger partial charge in [-0.05, 0) is 47.4 Å². The highest BCUT2D eigenvalue weighted by Gasteiger charge is 2.25. The van der Waals surface area contributed by atoms with Crippen LogP contribution in [0.1, 0.15) is 32.6 Å². The predicted molar refractivity (Wildman–Crippen MR) is 77.5 cm³/mol. The Balaban J connectivity index is 1.97. The van der Waals surface area contributed by atoms with E-state index in [4.69, 9.17) is 0 Å². The standard InChI is InChI=1S/C13H19BrN2S/c1-2-15-11-5-3-4-6-12(11)17-13-8-7-10(14)9-16-13/h7-9,11-12,15H,2-6H2,1H3. The molecule has 94 valence electrons.